The molecule has 4 aromatic rings. The highest BCUT2D eigenvalue weighted by Crippen LogP contribution is 2.42. The standard InChI is InChI=1S/C20H16F2N6O5S/c1-2-12(27-8-9(7-24-27)28(31)32)19(30)26-15-14-10(13-4-3-5-33-13)6-11(17(21)22)25-20(14)34-16(15)18(23)29/h3-8,12,17H,2H2,1H3,(H2,23,29)(H,26,30). The molecule has 2 amide bonds. The Morgan fingerprint density at radius 1 is 1.41 bits per heavy atom. The topological polar surface area (TPSA) is 159 Å². The molecule has 14 heteroatoms. The summed E-state index contributed by atoms with van der Waals surface area (Å²) < 4.78 is 33.5. The first-order valence-corrected chi connectivity index (χ1v) is 10.6. The van der Waals surface area contributed by atoms with Crippen LogP contribution in [0.2, 0.25) is 0 Å². The van der Waals surface area contributed by atoms with Crippen LogP contribution in [0.5, 0.6) is 0 Å². The number of amides is 2. The van der Waals surface area contributed by atoms with E-state index in [1.54, 1.807) is 13.0 Å². The maximum atomic E-state index is 13.5. The zero-order valence-electron chi connectivity index (χ0n) is 17.4. The third kappa shape index (κ3) is 4.10. The van der Waals surface area contributed by atoms with Gasteiger partial charge in [0.05, 0.1) is 16.9 Å². The van der Waals surface area contributed by atoms with Crippen molar-refractivity contribution in [3.8, 4) is 11.3 Å². The van der Waals surface area contributed by atoms with Gasteiger partial charge >= 0.3 is 5.69 Å². The van der Waals surface area contributed by atoms with Gasteiger partial charge in [-0.15, -0.1) is 11.3 Å². The number of hydrogen-bond acceptors (Lipinski definition) is 8. The molecule has 176 valence electrons. The summed E-state index contributed by atoms with van der Waals surface area (Å²) in [5.74, 6) is -1.33. The fourth-order valence-corrected chi connectivity index (χ4v) is 4.45. The second kappa shape index (κ2) is 8.97. The van der Waals surface area contributed by atoms with E-state index in [2.05, 4.69) is 15.4 Å². The molecule has 0 spiro atoms. The number of carbonyl (C=O) groups excluding carboxylic acids is 2. The molecule has 11 nitrogen and oxygen atoms in total. The summed E-state index contributed by atoms with van der Waals surface area (Å²) in [7, 11) is 0. The summed E-state index contributed by atoms with van der Waals surface area (Å²) in [4.78, 5) is 39.5. The van der Waals surface area contributed by atoms with Gasteiger partial charge in [-0.25, -0.2) is 13.8 Å². The number of aromatic nitrogens is 3. The highest BCUT2D eigenvalue weighted by molar-refractivity contribution is 7.21. The molecular weight excluding hydrogens is 474 g/mol. The number of primary amides is 1. The fraction of sp³-hybridized carbons (Fsp3) is 0.200. The molecule has 0 saturated carbocycles. The average Bonchev–Trinajstić information content (AvgIpc) is 3.54. The summed E-state index contributed by atoms with van der Waals surface area (Å²) in [6, 6.07) is 3.24. The van der Waals surface area contributed by atoms with Crippen molar-refractivity contribution in [1.29, 1.82) is 0 Å². The Balaban J connectivity index is 1.85. The quantitative estimate of drug-likeness (QED) is 0.275. The van der Waals surface area contributed by atoms with Crippen LogP contribution in [0.25, 0.3) is 21.5 Å². The molecular formula is C20H16F2N6O5S. The minimum absolute atomic E-state index is 0.0164. The number of halogens is 2. The zero-order valence-corrected chi connectivity index (χ0v) is 18.2. The van der Waals surface area contributed by atoms with E-state index in [1.165, 1.54) is 12.3 Å². The van der Waals surface area contributed by atoms with Crippen LogP contribution < -0.4 is 11.1 Å². The van der Waals surface area contributed by atoms with Gasteiger partial charge in [0.15, 0.2) is 0 Å². The van der Waals surface area contributed by atoms with Crippen LogP contribution in [-0.4, -0.2) is 31.5 Å². The molecule has 0 bridgehead atoms. The van der Waals surface area contributed by atoms with Crippen molar-refractivity contribution in [1.82, 2.24) is 14.8 Å². The largest absolute Gasteiger partial charge is 0.464 e. The van der Waals surface area contributed by atoms with Gasteiger partial charge < -0.3 is 15.5 Å². The minimum Gasteiger partial charge on any atom is -0.464 e. The summed E-state index contributed by atoms with van der Waals surface area (Å²) >= 11 is 0.753. The molecule has 0 saturated heterocycles. The first-order chi connectivity index (χ1) is 16.2. The van der Waals surface area contributed by atoms with Crippen LogP contribution in [0.15, 0.2) is 41.3 Å². The van der Waals surface area contributed by atoms with Crippen molar-refractivity contribution in [3.63, 3.8) is 0 Å². The maximum absolute atomic E-state index is 13.5. The first-order valence-electron chi connectivity index (χ1n) is 9.79. The van der Waals surface area contributed by atoms with Gasteiger partial charge in [0, 0.05) is 10.9 Å². The molecule has 4 aromatic heterocycles. The lowest BCUT2D eigenvalue weighted by Crippen LogP contribution is -2.27. The zero-order chi connectivity index (χ0) is 24.6. The monoisotopic (exact) mass is 490 g/mol. The van der Waals surface area contributed by atoms with Crippen molar-refractivity contribution < 1.29 is 27.7 Å². The lowest BCUT2D eigenvalue weighted by atomic mass is 10.1. The van der Waals surface area contributed by atoms with Gasteiger partial charge in [0.2, 0.25) is 5.91 Å². The number of fused-ring (bicyclic) bond motifs is 1. The maximum Gasteiger partial charge on any atom is 0.307 e. The van der Waals surface area contributed by atoms with E-state index < -0.39 is 34.9 Å². The number of hydrogen-bond donors (Lipinski definition) is 2. The van der Waals surface area contributed by atoms with E-state index in [1.807, 2.05) is 0 Å². The number of carbonyl (C=O) groups is 2. The number of rotatable bonds is 8. The molecule has 0 aliphatic carbocycles. The third-order valence-electron chi connectivity index (χ3n) is 4.97. The predicted octanol–water partition coefficient (Wildman–Crippen LogP) is 4.29. The lowest BCUT2D eigenvalue weighted by molar-refractivity contribution is -0.385. The average molecular weight is 490 g/mol. The Labute approximate surface area is 193 Å². The second-order valence-corrected chi connectivity index (χ2v) is 8.07. The lowest BCUT2D eigenvalue weighted by Gasteiger charge is -2.16. The molecule has 0 aliphatic rings. The van der Waals surface area contributed by atoms with E-state index >= 15 is 0 Å². The number of nitrogens with one attached hydrogen (secondary N) is 1. The van der Waals surface area contributed by atoms with E-state index in [0.717, 1.165) is 34.5 Å². The number of thiophene rings is 1. The van der Waals surface area contributed by atoms with Gasteiger partial charge in [0.1, 0.15) is 39.6 Å². The van der Waals surface area contributed by atoms with Crippen LogP contribution in [0.1, 0.15) is 41.2 Å². The molecule has 34 heavy (non-hydrogen) atoms. The molecule has 3 N–H and O–H groups in total. The van der Waals surface area contributed by atoms with Crippen LogP contribution in [0.3, 0.4) is 0 Å². The van der Waals surface area contributed by atoms with Crippen LogP contribution >= 0.6 is 11.3 Å². The summed E-state index contributed by atoms with van der Waals surface area (Å²) in [5.41, 5.74) is 4.84. The van der Waals surface area contributed by atoms with Gasteiger partial charge in [0.25, 0.3) is 12.3 Å². The molecule has 0 fully saturated rings. The molecule has 4 heterocycles. The minimum atomic E-state index is -2.89. The Morgan fingerprint density at radius 2 is 2.18 bits per heavy atom. The van der Waals surface area contributed by atoms with E-state index in [-0.39, 0.29) is 44.2 Å². The summed E-state index contributed by atoms with van der Waals surface area (Å²) in [6.45, 7) is 1.67. The first kappa shape index (κ1) is 23.0. The number of pyridine rings is 1. The Hall–Kier alpha value is -4.20. The van der Waals surface area contributed by atoms with Crippen LogP contribution in [-0.2, 0) is 4.79 Å². The van der Waals surface area contributed by atoms with E-state index in [0.29, 0.717) is 0 Å². The van der Waals surface area contributed by atoms with Crippen molar-refractivity contribution in [2.75, 3.05) is 5.32 Å². The van der Waals surface area contributed by atoms with Crippen LogP contribution in [0, 0.1) is 10.1 Å². The normalized spacial score (nSPS) is 12.2. The van der Waals surface area contributed by atoms with Crippen molar-refractivity contribution in [2.24, 2.45) is 5.73 Å². The molecule has 1 unspecified atom stereocenters. The number of furan rings is 1. The van der Waals surface area contributed by atoms with Gasteiger partial charge in [-0.3, -0.25) is 24.4 Å². The van der Waals surface area contributed by atoms with Gasteiger partial charge in [-0.2, -0.15) is 5.10 Å². The Kier molecular flexibility index (Phi) is 6.06. The fourth-order valence-electron chi connectivity index (χ4n) is 3.44. The van der Waals surface area contributed by atoms with Gasteiger partial charge in [-0.05, 0) is 24.6 Å². The van der Waals surface area contributed by atoms with Crippen molar-refractivity contribution in [2.45, 2.75) is 25.8 Å². The second-order valence-electron chi connectivity index (χ2n) is 7.07. The summed E-state index contributed by atoms with van der Waals surface area (Å²) in [5, 5.41) is 17.7. The number of anilines is 1. The SMILES string of the molecule is CCC(C(=O)Nc1c(C(N)=O)sc2nc(C(F)F)cc(-c3ccco3)c12)n1cc([N+](=O)[O-])cn1. The van der Waals surface area contributed by atoms with E-state index in [4.69, 9.17) is 10.2 Å². The molecule has 0 radical (unpaired) electrons. The molecule has 0 aromatic carbocycles. The van der Waals surface area contributed by atoms with Crippen LogP contribution in [0.4, 0.5) is 20.2 Å². The Morgan fingerprint density at radius 3 is 2.74 bits per heavy atom. The molecule has 0 aliphatic heterocycles. The number of nitro groups is 1. The number of nitrogens with zero attached hydrogens (tertiary/aromatic N) is 4. The third-order valence-corrected chi connectivity index (χ3v) is 6.07. The van der Waals surface area contributed by atoms with Gasteiger partial charge in [-0.1, -0.05) is 6.92 Å². The number of nitrogens with two attached hydrogens (primary N) is 1. The highest BCUT2D eigenvalue weighted by Gasteiger charge is 2.28. The summed E-state index contributed by atoms with van der Waals surface area (Å²) in [6.07, 6.45) is 0.781. The molecule has 4 rings (SSSR count). The highest BCUT2D eigenvalue weighted by atomic mass is 32.1. The van der Waals surface area contributed by atoms with Crippen molar-refractivity contribution >= 4 is 44.7 Å². The van der Waals surface area contributed by atoms with E-state index in [9.17, 15) is 28.5 Å². The Bertz CT molecular complexity index is 1400. The molecule has 1 atom stereocenters. The smallest absolute Gasteiger partial charge is 0.307 e. The predicted molar refractivity (Wildman–Crippen MR) is 118 cm³/mol. The van der Waals surface area contributed by atoms with Crippen molar-refractivity contribution in [3.05, 3.63) is 57.5 Å². The number of alkyl halides is 2.